The Hall–Kier alpha value is -1.62. The monoisotopic (exact) mass is 255 g/mol. The van der Waals surface area contributed by atoms with E-state index < -0.39 is 11.8 Å². The largest absolute Gasteiger partial charge is 0.494 e. The number of halogens is 1. The highest BCUT2D eigenvalue weighted by Gasteiger charge is 2.17. The van der Waals surface area contributed by atoms with Crippen LogP contribution in [0.25, 0.3) is 0 Å². The number of rotatable bonds is 6. The van der Waals surface area contributed by atoms with Gasteiger partial charge in [-0.1, -0.05) is 6.07 Å². The zero-order chi connectivity index (χ0) is 13.7. The molecule has 18 heavy (non-hydrogen) atoms. The van der Waals surface area contributed by atoms with E-state index in [0.29, 0.717) is 6.42 Å². The number of benzene rings is 1. The summed E-state index contributed by atoms with van der Waals surface area (Å²) in [6.45, 7) is 0. The molecule has 1 atom stereocenters. The lowest BCUT2D eigenvalue weighted by Gasteiger charge is -2.22. The summed E-state index contributed by atoms with van der Waals surface area (Å²) in [6, 6.07) is 4.53. The third-order valence-electron chi connectivity index (χ3n) is 2.83. The first-order valence-corrected chi connectivity index (χ1v) is 5.64. The van der Waals surface area contributed by atoms with E-state index in [9.17, 15) is 9.18 Å². The Morgan fingerprint density at radius 2 is 2.17 bits per heavy atom. The molecule has 0 aliphatic carbocycles. The van der Waals surface area contributed by atoms with Gasteiger partial charge in [0.05, 0.1) is 13.5 Å². The first-order valence-electron chi connectivity index (χ1n) is 5.64. The molecule has 1 rings (SSSR count). The predicted octanol–water partition coefficient (Wildman–Crippen LogP) is 1.78. The van der Waals surface area contributed by atoms with Gasteiger partial charge in [0.1, 0.15) is 0 Å². The molecule has 0 saturated heterocycles. The molecular weight excluding hydrogens is 237 g/mol. The van der Waals surface area contributed by atoms with Gasteiger partial charge in [-0.15, -0.1) is 0 Å². The van der Waals surface area contributed by atoms with Gasteiger partial charge in [-0.2, -0.15) is 0 Å². The number of ether oxygens (including phenoxy) is 1. The molecule has 1 aromatic carbocycles. The molecule has 4 nitrogen and oxygen atoms in total. The van der Waals surface area contributed by atoms with Gasteiger partial charge >= 0.3 is 5.97 Å². The van der Waals surface area contributed by atoms with E-state index >= 15 is 0 Å². The highest BCUT2D eigenvalue weighted by molar-refractivity contribution is 5.67. The summed E-state index contributed by atoms with van der Waals surface area (Å²) >= 11 is 0. The standard InChI is InChI=1S/C13H18FNO3/c1-15(2)10(8-13(16)17)6-9-4-5-12(18-3)11(14)7-9/h4-5,7,10H,6,8H2,1-3H3,(H,16,17). The van der Waals surface area contributed by atoms with E-state index in [0.717, 1.165) is 5.56 Å². The van der Waals surface area contributed by atoms with E-state index in [2.05, 4.69) is 0 Å². The van der Waals surface area contributed by atoms with E-state index in [-0.39, 0.29) is 18.2 Å². The van der Waals surface area contributed by atoms with Crippen molar-refractivity contribution < 1.29 is 19.0 Å². The lowest BCUT2D eigenvalue weighted by Crippen LogP contribution is -2.32. The Labute approximate surface area is 106 Å². The maximum Gasteiger partial charge on any atom is 0.304 e. The highest BCUT2D eigenvalue weighted by atomic mass is 19.1. The number of carboxylic acids is 1. The summed E-state index contributed by atoms with van der Waals surface area (Å²) in [6.07, 6.45) is 0.515. The summed E-state index contributed by atoms with van der Waals surface area (Å²) in [5.74, 6) is -1.09. The van der Waals surface area contributed by atoms with Gasteiger partial charge < -0.3 is 14.7 Å². The van der Waals surface area contributed by atoms with Crippen LogP contribution in [0, 0.1) is 5.82 Å². The van der Waals surface area contributed by atoms with Crippen molar-refractivity contribution in [3.05, 3.63) is 29.6 Å². The average Bonchev–Trinajstić information content (AvgIpc) is 2.27. The van der Waals surface area contributed by atoms with Gasteiger partial charge in [-0.25, -0.2) is 4.39 Å². The van der Waals surface area contributed by atoms with Gasteiger partial charge in [0.15, 0.2) is 11.6 Å². The fourth-order valence-corrected chi connectivity index (χ4v) is 1.75. The third-order valence-corrected chi connectivity index (χ3v) is 2.83. The molecule has 100 valence electrons. The lowest BCUT2D eigenvalue weighted by molar-refractivity contribution is -0.138. The van der Waals surface area contributed by atoms with Crippen LogP contribution in [-0.2, 0) is 11.2 Å². The van der Waals surface area contributed by atoms with Crippen LogP contribution < -0.4 is 4.74 Å². The first kappa shape index (κ1) is 14.4. The minimum absolute atomic E-state index is 0.0284. The van der Waals surface area contributed by atoms with E-state index in [1.807, 2.05) is 19.0 Å². The molecular formula is C13H18FNO3. The normalized spacial score (nSPS) is 12.5. The molecule has 0 radical (unpaired) electrons. The van der Waals surface area contributed by atoms with Crippen molar-refractivity contribution in [1.82, 2.24) is 4.90 Å². The van der Waals surface area contributed by atoms with Crippen LogP contribution in [-0.4, -0.2) is 43.2 Å². The second-order valence-corrected chi connectivity index (χ2v) is 4.39. The van der Waals surface area contributed by atoms with Crippen molar-refractivity contribution in [1.29, 1.82) is 0 Å². The quantitative estimate of drug-likeness (QED) is 0.842. The van der Waals surface area contributed by atoms with E-state index in [1.165, 1.54) is 13.2 Å². The molecule has 0 bridgehead atoms. The van der Waals surface area contributed by atoms with Crippen molar-refractivity contribution in [2.75, 3.05) is 21.2 Å². The van der Waals surface area contributed by atoms with Crippen LogP contribution in [0.15, 0.2) is 18.2 Å². The third kappa shape index (κ3) is 4.00. The molecule has 1 N–H and O–H groups in total. The molecule has 5 heteroatoms. The Balaban J connectivity index is 2.80. The van der Waals surface area contributed by atoms with Gasteiger partial charge in [0, 0.05) is 6.04 Å². The Morgan fingerprint density at radius 1 is 1.50 bits per heavy atom. The van der Waals surface area contributed by atoms with Crippen LogP contribution >= 0.6 is 0 Å². The maximum absolute atomic E-state index is 13.5. The predicted molar refractivity (Wildman–Crippen MR) is 66.4 cm³/mol. The fourth-order valence-electron chi connectivity index (χ4n) is 1.75. The number of hydrogen-bond donors (Lipinski definition) is 1. The number of aliphatic carboxylic acids is 1. The minimum atomic E-state index is -0.859. The Morgan fingerprint density at radius 3 is 2.61 bits per heavy atom. The van der Waals surface area contributed by atoms with Crippen molar-refractivity contribution >= 4 is 5.97 Å². The van der Waals surface area contributed by atoms with Crippen LogP contribution in [0.5, 0.6) is 5.75 Å². The van der Waals surface area contributed by atoms with Crippen LogP contribution in [0.3, 0.4) is 0 Å². The minimum Gasteiger partial charge on any atom is -0.494 e. The van der Waals surface area contributed by atoms with E-state index in [4.69, 9.17) is 9.84 Å². The molecule has 0 heterocycles. The Kier molecular flexibility index (Phi) is 5.09. The van der Waals surface area contributed by atoms with Crippen LogP contribution in [0.1, 0.15) is 12.0 Å². The Bertz CT molecular complexity index is 421. The number of methoxy groups -OCH3 is 1. The highest BCUT2D eigenvalue weighted by Crippen LogP contribution is 2.19. The van der Waals surface area contributed by atoms with Crippen molar-refractivity contribution in [2.45, 2.75) is 18.9 Å². The molecule has 0 aliphatic heterocycles. The molecule has 0 aliphatic rings. The van der Waals surface area contributed by atoms with Crippen LogP contribution in [0.4, 0.5) is 4.39 Å². The maximum atomic E-state index is 13.5. The summed E-state index contributed by atoms with van der Waals surface area (Å²) in [5, 5.41) is 8.83. The van der Waals surface area contributed by atoms with Crippen molar-refractivity contribution in [3.63, 3.8) is 0 Å². The number of carbonyl (C=O) groups is 1. The van der Waals surface area contributed by atoms with Crippen molar-refractivity contribution in [2.24, 2.45) is 0 Å². The molecule has 0 amide bonds. The molecule has 0 spiro atoms. The molecule has 0 aromatic heterocycles. The van der Waals surface area contributed by atoms with Gasteiger partial charge in [0.25, 0.3) is 0 Å². The summed E-state index contributed by atoms with van der Waals surface area (Å²) in [5.41, 5.74) is 0.758. The zero-order valence-electron chi connectivity index (χ0n) is 10.8. The topological polar surface area (TPSA) is 49.8 Å². The number of hydrogen-bond acceptors (Lipinski definition) is 3. The number of carboxylic acid groups (broad SMARTS) is 1. The second kappa shape index (κ2) is 6.35. The molecule has 0 saturated carbocycles. The molecule has 1 unspecified atom stereocenters. The fraction of sp³-hybridized carbons (Fsp3) is 0.462. The van der Waals surface area contributed by atoms with Crippen molar-refractivity contribution in [3.8, 4) is 5.75 Å². The van der Waals surface area contributed by atoms with E-state index in [1.54, 1.807) is 12.1 Å². The second-order valence-electron chi connectivity index (χ2n) is 4.39. The molecule has 1 aromatic rings. The van der Waals surface area contributed by atoms with Gasteiger partial charge in [-0.05, 0) is 38.2 Å². The lowest BCUT2D eigenvalue weighted by atomic mass is 10.0. The zero-order valence-corrected chi connectivity index (χ0v) is 10.8. The van der Waals surface area contributed by atoms with Gasteiger partial charge in [0.2, 0.25) is 0 Å². The molecule has 0 fully saturated rings. The number of nitrogens with zero attached hydrogens (tertiary/aromatic N) is 1. The SMILES string of the molecule is COc1ccc(CC(CC(=O)O)N(C)C)cc1F. The smallest absolute Gasteiger partial charge is 0.304 e. The first-order chi connectivity index (χ1) is 8.43. The summed E-state index contributed by atoms with van der Waals surface area (Å²) in [4.78, 5) is 12.6. The average molecular weight is 255 g/mol. The van der Waals surface area contributed by atoms with Crippen LogP contribution in [0.2, 0.25) is 0 Å². The summed E-state index contributed by atoms with van der Waals surface area (Å²) in [7, 11) is 5.03. The number of likely N-dealkylation sites (N-methyl/N-ethyl adjacent to an activating group) is 1. The van der Waals surface area contributed by atoms with Gasteiger partial charge in [-0.3, -0.25) is 4.79 Å². The summed E-state index contributed by atoms with van der Waals surface area (Å²) < 4.78 is 18.3.